The largest absolute Gasteiger partial charge is 0.497 e. The third kappa shape index (κ3) is 7.34. The van der Waals surface area contributed by atoms with Gasteiger partial charge in [-0.1, -0.05) is 25.8 Å². The van der Waals surface area contributed by atoms with Crippen LogP contribution in [0.4, 0.5) is 16.2 Å². The molecule has 2 aromatic rings. The van der Waals surface area contributed by atoms with E-state index in [0.29, 0.717) is 23.5 Å². The van der Waals surface area contributed by atoms with Crippen LogP contribution in [0.1, 0.15) is 40.2 Å². The minimum absolute atomic E-state index is 0.0340. The third-order valence-corrected chi connectivity index (χ3v) is 3.76. The monoisotopic (exact) mass is 412 g/mol. The molecule has 0 aliphatic heterocycles. The summed E-state index contributed by atoms with van der Waals surface area (Å²) in [4.78, 5) is 12.0. The first-order valence-electron chi connectivity index (χ1n) is 9.91. The molecule has 2 rings (SSSR count). The molecule has 30 heavy (non-hydrogen) atoms. The van der Waals surface area contributed by atoms with E-state index in [-0.39, 0.29) is 6.61 Å². The Labute approximate surface area is 179 Å². The van der Waals surface area contributed by atoms with E-state index < -0.39 is 11.7 Å². The molecule has 0 spiro atoms. The highest BCUT2D eigenvalue weighted by Gasteiger charge is 2.17. The number of terminal acetylenes is 1. The second-order valence-corrected chi connectivity index (χ2v) is 7.09. The summed E-state index contributed by atoms with van der Waals surface area (Å²) in [5, 5.41) is 15.1. The van der Waals surface area contributed by atoms with Crippen molar-refractivity contribution in [1.82, 2.24) is 0 Å². The quantitative estimate of drug-likeness (QED) is 0.574. The van der Waals surface area contributed by atoms with E-state index >= 15 is 0 Å². The third-order valence-electron chi connectivity index (χ3n) is 3.76. The van der Waals surface area contributed by atoms with Crippen LogP contribution in [0.25, 0.3) is 11.1 Å². The summed E-state index contributed by atoms with van der Waals surface area (Å²) in [6.07, 6.45) is 5.14. The van der Waals surface area contributed by atoms with Gasteiger partial charge in [0.2, 0.25) is 0 Å². The van der Waals surface area contributed by atoms with Gasteiger partial charge in [0.1, 0.15) is 11.4 Å². The molecule has 2 aromatic carbocycles. The van der Waals surface area contributed by atoms with Crippen molar-refractivity contribution in [3.05, 3.63) is 42.0 Å². The van der Waals surface area contributed by atoms with Crippen LogP contribution in [-0.4, -0.2) is 37.1 Å². The summed E-state index contributed by atoms with van der Waals surface area (Å²) < 4.78 is 10.5. The Bertz CT molecular complexity index is 880. The van der Waals surface area contributed by atoms with Crippen molar-refractivity contribution in [2.24, 2.45) is 0 Å². The Morgan fingerprint density at radius 3 is 2.37 bits per heavy atom. The van der Waals surface area contributed by atoms with Gasteiger partial charge in [0.25, 0.3) is 0 Å². The highest BCUT2D eigenvalue weighted by Crippen LogP contribution is 2.34. The maximum atomic E-state index is 12.0. The first-order chi connectivity index (χ1) is 14.3. The average molecular weight is 413 g/mol. The number of nitrogens with one attached hydrogen (secondary N) is 2. The van der Waals surface area contributed by atoms with E-state index in [4.69, 9.17) is 15.9 Å². The normalized spacial score (nSPS) is 10.2. The van der Waals surface area contributed by atoms with Gasteiger partial charge in [0.15, 0.2) is 0 Å². The van der Waals surface area contributed by atoms with Crippen LogP contribution >= 0.6 is 0 Å². The van der Waals surface area contributed by atoms with Crippen molar-refractivity contribution in [3.63, 3.8) is 0 Å². The molecular formula is C24H32N2O4. The Morgan fingerprint density at radius 1 is 1.13 bits per heavy atom. The highest BCUT2D eigenvalue weighted by molar-refractivity contribution is 5.89. The number of benzene rings is 2. The lowest BCUT2D eigenvalue weighted by Crippen LogP contribution is -2.27. The number of aliphatic hydroxyl groups is 1. The standard InChI is InChI=1S/C22H26N2O4.C2H6/c1-6-15-13-17(27-5)8-10-18(15)19-9-7-16(14-20(19)23-11-12-25)24-21(26)28-22(2,3)4;1-2/h1,7-10,13-14,23,25H,11-12H2,2-5H3,(H,24,26);1-2H3. The number of carbonyl (C=O) groups excluding carboxylic acids is 1. The Hall–Kier alpha value is -3.17. The van der Waals surface area contributed by atoms with Gasteiger partial charge < -0.3 is 19.9 Å². The number of rotatable bonds is 6. The van der Waals surface area contributed by atoms with Crippen LogP contribution in [0.3, 0.4) is 0 Å². The number of amides is 1. The Balaban J connectivity index is 0.00000218. The lowest BCUT2D eigenvalue weighted by atomic mass is 9.97. The second kappa shape index (κ2) is 11.7. The molecule has 0 atom stereocenters. The Kier molecular flexibility index (Phi) is 9.73. The lowest BCUT2D eigenvalue weighted by Gasteiger charge is -2.20. The molecule has 0 heterocycles. The van der Waals surface area contributed by atoms with E-state index in [0.717, 1.165) is 16.8 Å². The van der Waals surface area contributed by atoms with Crippen LogP contribution < -0.4 is 15.4 Å². The van der Waals surface area contributed by atoms with Crippen molar-refractivity contribution in [3.8, 4) is 29.2 Å². The van der Waals surface area contributed by atoms with Gasteiger partial charge in [0.05, 0.1) is 13.7 Å². The Morgan fingerprint density at radius 2 is 1.80 bits per heavy atom. The van der Waals surface area contributed by atoms with Crippen LogP contribution in [-0.2, 0) is 4.74 Å². The first-order valence-corrected chi connectivity index (χ1v) is 9.91. The molecule has 162 valence electrons. The highest BCUT2D eigenvalue weighted by atomic mass is 16.6. The van der Waals surface area contributed by atoms with Crippen LogP contribution in [0.15, 0.2) is 36.4 Å². The fourth-order valence-electron chi connectivity index (χ4n) is 2.62. The number of aliphatic hydroxyl groups excluding tert-OH is 1. The molecule has 0 radical (unpaired) electrons. The van der Waals surface area contributed by atoms with Gasteiger partial charge in [-0.2, -0.15) is 0 Å². The second-order valence-electron chi connectivity index (χ2n) is 7.09. The molecule has 3 N–H and O–H groups in total. The maximum absolute atomic E-state index is 12.0. The van der Waals surface area contributed by atoms with E-state index in [9.17, 15) is 9.90 Å². The average Bonchev–Trinajstić information content (AvgIpc) is 2.72. The van der Waals surface area contributed by atoms with E-state index in [1.165, 1.54) is 0 Å². The van der Waals surface area contributed by atoms with Crippen molar-refractivity contribution in [1.29, 1.82) is 0 Å². The van der Waals surface area contributed by atoms with Crippen molar-refractivity contribution in [2.75, 3.05) is 30.9 Å². The van der Waals surface area contributed by atoms with Crippen molar-refractivity contribution >= 4 is 17.5 Å². The summed E-state index contributed by atoms with van der Waals surface area (Å²) in [5.74, 6) is 3.35. The van der Waals surface area contributed by atoms with Gasteiger partial charge in [-0.25, -0.2) is 4.79 Å². The molecule has 0 saturated heterocycles. The molecule has 1 amide bonds. The number of hydrogen-bond acceptors (Lipinski definition) is 5. The molecular weight excluding hydrogens is 380 g/mol. The van der Waals surface area contributed by atoms with Gasteiger partial charge >= 0.3 is 6.09 Å². The predicted octanol–water partition coefficient (Wildman–Crippen LogP) is 5.12. The zero-order valence-corrected chi connectivity index (χ0v) is 18.6. The number of carbonyl (C=O) groups is 1. The molecule has 0 aliphatic rings. The minimum atomic E-state index is -0.590. The van der Waals surface area contributed by atoms with Gasteiger partial charge in [0, 0.05) is 29.0 Å². The lowest BCUT2D eigenvalue weighted by molar-refractivity contribution is 0.0636. The zero-order valence-electron chi connectivity index (χ0n) is 18.6. The van der Waals surface area contributed by atoms with Gasteiger partial charge in [-0.15, -0.1) is 6.42 Å². The molecule has 6 heteroatoms. The van der Waals surface area contributed by atoms with Crippen LogP contribution in [0.5, 0.6) is 5.75 Å². The summed E-state index contributed by atoms with van der Waals surface area (Å²) in [7, 11) is 1.58. The smallest absolute Gasteiger partial charge is 0.412 e. The van der Waals surface area contributed by atoms with Gasteiger partial charge in [-0.05, 0) is 56.7 Å². The van der Waals surface area contributed by atoms with E-state index in [1.807, 2.05) is 32.0 Å². The van der Waals surface area contributed by atoms with E-state index in [1.54, 1.807) is 46.1 Å². The molecule has 0 fully saturated rings. The SMILES string of the molecule is C#Cc1cc(OC)ccc1-c1ccc(NC(=O)OC(C)(C)C)cc1NCCO.CC. The first kappa shape index (κ1) is 24.9. The minimum Gasteiger partial charge on any atom is -0.497 e. The fraction of sp³-hybridized carbons (Fsp3) is 0.375. The van der Waals surface area contributed by atoms with Crippen LogP contribution in [0, 0.1) is 12.3 Å². The molecule has 0 saturated carbocycles. The fourth-order valence-corrected chi connectivity index (χ4v) is 2.62. The summed E-state index contributed by atoms with van der Waals surface area (Å²) in [6, 6.07) is 10.9. The summed E-state index contributed by atoms with van der Waals surface area (Å²) >= 11 is 0. The predicted molar refractivity (Wildman–Crippen MR) is 123 cm³/mol. The van der Waals surface area contributed by atoms with Crippen molar-refractivity contribution < 1.29 is 19.4 Å². The van der Waals surface area contributed by atoms with Gasteiger partial charge in [-0.3, -0.25) is 5.32 Å². The summed E-state index contributed by atoms with van der Waals surface area (Å²) in [6.45, 7) is 9.72. The molecule has 0 bridgehead atoms. The number of ether oxygens (including phenoxy) is 2. The number of methoxy groups -OCH3 is 1. The molecule has 0 aliphatic carbocycles. The maximum Gasteiger partial charge on any atom is 0.412 e. The number of anilines is 2. The van der Waals surface area contributed by atoms with Crippen molar-refractivity contribution in [2.45, 2.75) is 40.2 Å². The topological polar surface area (TPSA) is 79.8 Å². The molecule has 6 nitrogen and oxygen atoms in total. The summed E-state index contributed by atoms with van der Waals surface area (Å²) in [5.41, 5.74) is 3.07. The van der Waals surface area contributed by atoms with Crippen LogP contribution in [0.2, 0.25) is 0 Å². The van der Waals surface area contributed by atoms with E-state index in [2.05, 4.69) is 16.6 Å². The molecule has 0 aromatic heterocycles. The molecule has 0 unspecified atom stereocenters. The zero-order chi connectivity index (χ0) is 22.7. The number of hydrogen-bond donors (Lipinski definition) is 3.